The lowest BCUT2D eigenvalue weighted by Crippen LogP contribution is -2.49. The SMILES string of the molecule is Cc1ccc(SCC(=O)N2CCN(c3nc4c(C)ccc(C)c4s3)CC2)cc1. The van der Waals surface area contributed by atoms with Crippen LogP contribution >= 0.6 is 23.1 Å². The fraction of sp³-hybridized carbons (Fsp3) is 0.364. The van der Waals surface area contributed by atoms with Gasteiger partial charge in [-0.1, -0.05) is 41.2 Å². The van der Waals surface area contributed by atoms with E-state index in [1.807, 2.05) is 4.90 Å². The van der Waals surface area contributed by atoms with Crippen LogP contribution in [0.15, 0.2) is 41.3 Å². The fourth-order valence-corrected chi connectivity index (χ4v) is 5.37. The highest BCUT2D eigenvalue weighted by molar-refractivity contribution is 8.00. The summed E-state index contributed by atoms with van der Waals surface area (Å²) in [7, 11) is 0. The van der Waals surface area contributed by atoms with Crippen LogP contribution in [0.25, 0.3) is 10.2 Å². The lowest BCUT2D eigenvalue weighted by molar-refractivity contribution is -0.128. The van der Waals surface area contributed by atoms with Crippen LogP contribution in [0.2, 0.25) is 0 Å². The van der Waals surface area contributed by atoms with E-state index in [0.717, 1.165) is 41.7 Å². The molecule has 4 rings (SSSR count). The first kappa shape index (κ1) is 19.3. The molecule has 0 unspecified atom stereocenters. The van der Waals surface area contributed by atoms with E-state index >= 15 is 0 Å². The van der Waals surface area contributed by atoms with Crippen LogP contribution in [0.5, 0.6) is 0 Å². The number of nitrogens with zero attached hydrogens (tertiary/aromatic N) is 3. The number of hydrogen-bond donors (Lipinski definition) is 0. The van der Waals surface area contributed by atoms with Gasteiger partial charge >= 0.3 is 0 Å². The number of aromatic nitrogens is 1. The van der Waals surface area contributed by atoms with Crippen molar-refractivity contribution in [1.82, 2.24) is 9.88 Å². The minimum Gasteiger partial charge on any atom is -0.345 e. The maximum Gasteiger partial charge on any atom is 0.233 e. The fourth-order valence-electron chi connectivity index (χ4n) is 3.40. The highest BCUT2D eigenvalue weighted by atomic mass is 32.2. The van der Waals surface area contributed by atoms with Crippen molar-refractivity contribution in [1.29, 1.82) is 0 Å². The van der Waals surface area contributed by atoms with E-state index in [-0.39, 0.29) is 5.91 Å². The maximum atomic E-state index is 12.6. The summed E-state index contributed by atoms with van der Waals surface area (Å²) < 4.78 is 1.28. The molecule has 1 fully saturated rings. The topological polar surface area (TPSA) is 36.4 Å². The Bertz CT molecular complexity index is 950. The maximum absolute atomic E-state index is 12.6. The number of carbonyl (C=O) groups excluding carboxylic acids is 1. The first-order chi connectivity index (χ1) is 13.5. The van der Waals surface area contributed by atoms with E-state index < -0.39 is 0 Å². The summed E-state index contributed by atoms with van der Waals surface area (Å²) in [5.74, 6) is 0.726. The van der Waals surface area contributed by atoms with Crippen LogP contribution in [0.3, 0.4) is 0 Å². The summed E-state index contributed by atoms with van der Waals surface area (Å²) in [6.45, 7) is 9.56. The number of thiazole rings is 1. The van der Waals surface area contributed by atoms with E-state index in [0.29, 0.717) is 5.75 Å². The van der Waals surface area contributed by atoms with Gasteiger partial charge in [-0.15, -0.1) is 11.8 Å². The standard InChI is InChI=1S/C22H25N3OS2/c1-15-4-8-18(9-5-15)27-14-19(26)24-10-12-25(13-11-24)22-23-20-16(2)6-7-17(3)21(20)28-22/h4-9H,10-14H2,1-3H3. The smallest absolute Gasteiger partial charge is 0.233 e. The summed E-state index contributed by atoms with van der Waals surface area (Å²) >= 11 is 3.39. The number of piperazine rings is 1. The Kier molecular flexibility index (Phi) is 5.60. The van der Waals surface area contributed by atoms with Crippen LogP contribution in [0, 0.1) is 20.8 Å². The van der Waals surface area contributed by atoms with Gasteiger partial charge in [0, 0.05) is 31.1 Å². The second kappa shape index (κ2) is 8.13. The molecule has 2 aromatic carbocycles. The number of anilines is 1. The van der Waals surface area contributed by atoms with Crippen molar-refractivity contribution >= 4 is 44.4 Å². The summed E-state index contributed by atoms with van der Waals surface area (Å²) in [5, 5.41) is 1.08. The van der Waals surface area contributed by atoms with Gasteiger partial charge in [0.05, 0.1) is 16.0 Å². The summed E-state index contributed by atoms with van der Waals surface area (Å²) in [4.78, 5) is 22.9. The molecule has 6 heteroatoms. The molecule has 3 aromatic rings. The van der Waals surface area contributed by atoms with Crippen molar-refractivity contribution in [3.05, 3.63) is 53.1 Å². The van der Waals surface area contributed by atoms with Crippen molar-refractivity contribution < 1.29 is 4.79 Å². The Balaban J connectivity index is 1.35. The number of hydrogen-bond acceptors (Lipinski definition) is 5. The zero-order chi connectivity index (χ0) is 19.7. The average Bonchev–Trinajstić information content (AvgIpc) is 3.17. The lowest BCUT2D eigenvalue weighted by atomic mass is 10.1. The Morgan fingerprint density at radius 2 is 1.68 bits per heavy atom. The summed E-state index contributed by atoms with van der Waals surface area (Å²) in [6, 6.07) is 12.7. The number of aryl methyl sites for hydroxylation is 3. The molecule has 0 spiro atoms. The number of thioether (sulfide) groups is 1. The number of amides is 1. The van der Waals surface area contributed by atoms with Gasteiger partial charge in [0.15, 0.2) is 5.13 Å². The second-order valence-electron chi connectivity index (χ2n) is 7.34. The van der Waals surface area contributed by atoms with Gasteiger partial charge in [-0.3, -0.25) is 4.79 Å². The van der Waals surface area contributed by atoms with E-state index in [1.54, 1.807) is 23.1 Å². The third kappa shape index (κ3) is 4.03. The average molecular weight is 412 g/mol. The van der Waals surface area contributed by atoms with E-state index in [9.17, 15) is 4.79 Å². The van der Waals surface area contributed by atoms with Crippen LogP contribution in [-0.2, 0) is 4.79 Å². The summed E-state index contributed by atoms with van der Waals surface area (Å²) in [6.07, 6.45) is 0. The molecule has 4 nitrogen and oxygen atoms in total. The van der Waals surface area contributed by atoms with Gasteiger partial charge in [0.2, 0.25) is 5.91 Å². The molecule has 0 bridgehead atoms. The van der Waals surface area contributed by atoms with E-state index in [4.69, 9.17) is 4.98 Å². The quantitative estimate of drug-likeness (QED) is 0.585. The molecule has 0 N–H and O–H groups in total. The third-order valence-electron chi connectivity index (χ3n) is 5.22. The zero-order valence-electron chi connectivity index (χ0n) is 16.6. The molecule has 0 saturated carbocycles. The molecule has 146 valence electrons. The first-order valence-corrected chi connectivity index (χ1v) is 11.4. The van der Waals surface area contributed by atoms with Crippen LogP contribution in [0.1, 0.15) is 16.7 Å². The highest BCUT2D eigenvalue weighted by Gasteiger charge is 2.23. The largest absolute Gasteiger partial charge is 0.345 e. The molecule has 1 aliphatic rings. The predicted molar refractivity (Wildman–Crippen MR) is 120 cm³/mol. The van der Waals surface area contributed by atoms with Crippen molar-refractivity contribution in [2.45, 2.75) is 25.7 Å². The molecule has 1 aromatic heterocycles. The molecular weight excluding hydrogens is 386 g/mol. The van der Waals surface area contributed by atoms with Gasteiger partial charge in [-0.2, -0.15) is 0 Å². The van der Waals surface area contributed by atoms with Gasteiger partial charge < -0.3 is 9.80 Å². The normalized spacial score (nSPS) is 14.7. The molecule has 1 saturated heterocycles. The summed E-state index contributed by atoms with van der Waals surface area (Å²) in [5.41, 5.74) is 4.87. The number of rotatable bonds is 4. The highest BCUT2D eigenvalue weighted by Crippen LogP contribution is 2.33. The third-order valence-corrected chi connectivity index (χ3v) is 7.47. The van der Waals surface area contributed by atoms with Crippen LogP contribution < -0.4 is 4.90 Å². The minimum atomic E-state index is 0.223. The van der Waals surface area contributed by atoms with Gasteiger partial charge in [-0.05, 0) is 44.0 Å². The van der Waals surface area contributed by atoms with Crippen molar-refractivity contribution in [2.75, 3.05) is 36.8 Å². The number of benzene rings is 2. The Morgan fingerprint density at radius 1 is 1.00 bits per heavy atom. The second-order valence-corrected chi connectivity index (χ2v) is 9.37. The van der Waals surface area contributed by atoms with Crippen LogP contribution in [-0.4, -0.2) is 47.7 Å². The molecule has 0 aliphatic carbocycles. The Hall–Kier alpha value is -2.05. The van der Waals surface area contributed by atoms with E-state index in [1.165, 1.54) is 21.4 Å². The van der Waals surface area contributed by atoms with Crippen molar-refractivity contribution in [3.63, 3.8) is 0 Å². The van der Waals surface area contributed by atoms with Gasteiger partial charge in [0.25, 0.3) is 0 Å². The molecular formula is C22H25N3OS2. The molecule has 1 aliphatic heterocycles. The first-order valence-electron chi connectivity index (χ1n) is 9.60. The molecule has 28 heavy (non-hydrogen) atoms. The molecule has 0 atom stereocenters. The number of fused-ring (bicyclic) bond motifs is 1. The predicted octanol–water partition coefficient (Wildman–Crippen LogP) is 4.66. The van der Waals surface area contributed by atoms with Gasteiger partial charge in [-0.25, -0.2) is 4.98 Å². The monoisotopic (exact) mass is 411 g/mol. The Labute approximate surface area is 174 Å². The van der Waals surface area contributed by atoms with Gasteiger partial charge in [0.1, 0.15) is 0 Å². The van der Waals surface area contributed by atoms with Crippen molar-refractivity contribution in [3.8, 4) is 0 Å². The molecule has 2 heterocycles. The van der Waals surface area contributed by atoms with Crippen molar-refractivity contribution in [2.24, 2.45) is 0 Å². The zero-order valence-corrected chi connectivity index (χ0v) is 18.2. The molecule has 1 amide bonds. The lowest BCUT2D eigenvalue weighted by Gasteiger charge is -2.34. The molecule has 0 radical (unpaired) electrons. The van der Waals surface area contributed by atoms with E-state index in [2.05, 4.69) is 62.1 Å². The Morgan fingerprint density at radius 3 is 2.36 bits per heavy atom. The minimum absolute atomic E-state index is 0.223. The number of carbonyl (C=O) groups is 1. The van der Waals surface area contributed by atoms with Crippen LogP contribution in [0.4, 0.5) is 5.13 Å².